The summed E-state index contributed by atoms with van der Waals surface area (Å²) in [6.45, 7) is 16.3. The van der Waals surface area contributed by atoms with Crippen LogP contribution in [0.15, 0.2) is 18.2 Å². The Morgan fingerprint density at radius 2 is 1.26 bits per heavy atom. The molecule has 0 aromatic heterocycles. The second kappa shape index (κ2) is 6.11. The summed E-state index contributed by atoms with van der Waals surface area (Å²) in [6.07, 6.45) is 4.84. The fraction of sp³-hybridized carbons (Fsp3) is 0.684. The Hall–Kier alpha value is -0.780. The van der Waals surface area contributed by atoms with Crippen molar-refractivity contribution in [3.8, 4) is 0 Å². The summed E-state index contributed by atoms with van der Waals surface area (Å²) in [5, 5.41) is 0. The van der Waals surface area contributed by atoms with E-state index in [0.717, 1.165) is 0 Å². The van der Waals surface area contributed by atoms with E-state index in [2.05, 4.69) is 66.7 Å². The molecule has 0 heteroatoms. The predicted molar refractivity (Wildman–Crippen MR) is 87.0 cm³/mol. The third kappa shape index (κ3) is 3.04. The van der Waals surface area contributed by atoms with Crippen molar-refractivity contribution >= 4 is 0 Å². The zero-order valence-electron chi connectivity index (χ0n) is 14.1. The quantitative estimate of drug-likeness (QED) is 0.575. The number of hydrogen-bond acceptors (Lipinski definition) is 0. The van der Waals surface area contributed by atoms with Gasteiger partial charge >= 0.3 is 0 Å². The summed E-state index contributed by atoms with van der Waals surface area (Å²) in [7, 11) is 0. The van der Waals surface area contributed by atoms with Crippen molar-refractivity contribution < 1.29 is 0 Å². The van der Waals surface area contributed by atoms with Gasteiger partial charge in [0.2, 0.25) is 0 Å². The van der Waals surface area contributed by atoms with Gasteiger partial charge in [0.15, 0.2) is 0 Å². The minimum Gasteiger partial charge on any atom is -0.0645 e. The number of hydrogen-bond donors (Lipinski definition) is 0. The second-order valence-corrected chi connectivity index (χ2v) is 6.57. The maximum atomic E-state index is 2.50. The smallest absolute Gasteiger partial charge is 0.00778 e. The van der Waals surface area contributed by atoms with Crippen LogP contribution in [0, 0.1) is 6.92 Å². The minimum absolute atomic E-state index is 0.322. The standard InChI is InChI=1S/C19H32/c1-8-18(6,9-2)16-13-12-15(5)17(14-16)19(7,10-3)11-4/h12-14H,8-11H2,1-7H3. The van der Waals surface area contributed by atoms with Crippen LogP contribution in [0.25, 0.3) is 0 Å². The highest BCUT2D eigenvalue weighted by molar-refractivity contribution is 5.39. The van der Waals surface area contributed by atoms with Crippen molar-refractivity contribution in [3.63, 3.8) is 0 Å². The lowest BCUT2D eigenvalue weighted by molar-refractivity contribution is 0.422. The molecule has 0 bridgehead atoms. The van der Waals surface area contributed by atoms with Crippen molar-refractivity contribution in [1.29, 1.82) is 0 Å². The van der Waals surface area contributed by atoms with Gasteiger partial charge in [0.25, 0.3) is 0 Å². The van der Waals surface area contributed by atoms with Crippen LogP contribution in [-0.4, -0.2) is 0 Å². The Bertz CT molecular complexity index is 406. The van der Waals surface area contributed by atoms with Crippen LogP contribution in [0.5, 0.6) is 0 Å². The van der Waals surface area contributed by atoms with Crippen LogP contribution in [-0.2, 0) is 10.8 Å². The van der Waals surface area contributed by atoms with Gasteiger partial charge in [-0.25, -0.2) is 0 Å². The van der Waals surface area contributed by atoms with Crippen molar-refractivity contribution in [2.45, 2.75) is 85.0 Å². The molecule has 0 aliphatic heterocycles. The molecule has 108 valence electrons. The van der Waals surface area contributed by atoms with E-state index >= 15 is 0 Å². The van der Waals surface area contributed by atoms with Gasteiger partial charge in [0.05, 0.1) is 0 Å². The summed E-state index contributed by atoms with van der Waals surface area (Å²) in [4.78, 5) is 0. The topological polar surface area (TPSA) is 0 Å². The van der Waals surface area contributed by atoms with Gasteiger partial charge in [-0.1, -0.05) is 59.7 Å². The molecule has 0 atom stereocenters. The highest BCUT2D eigenvalue weighted by Crippen LogP contribution is 2.38. The maximum absolute atomic E-state index is 2.50. The van der Waals surface area contributed by atoms with Crippen LogP contribution in [0.3, 0.4) is 0 Å². The van der Waals surface area contributed by atoms with Gasteiger partial charge < -0.3 is 0 Å². The average Bonchev–Trinajstić information content (AvgIpc) is 2.46. The second-order valence-electron chi connectivity index (χ2n) is 6.57. The van der Waals surface area contributed by atoms with E-state index in [1.807, 2.05) is 0 Å². The lowest BCUT2D eigenvalue weighted by Crippen LogP contribution is -2.24. The van der Waals surface area contributed by atoms with Gasteiger partial charge in [-0.05, 0) is 60.1 Å². The molecule has 0 saturated heterocycles. The van der Waals surface area contributed by atoms with Gasteiger partial charge in [0.1, 0.15) is 0 Å². The zero-order valence-corrected chi connectivity index (χ0v) is 14.1. The van der Waals surface area contributed by atoms with E-state index in [1.165, 1.54) is 36.8 Å². The molecule has 0 aliphatic carbocycles. The molecule has 0 N–H and O–H groups in total. The largest absolute Gasteiger partial charge is 0.0645 e. The van der Waals surface area contributed by atoms with E-state index in [-0.39, 0.29) is 0 Å². The fourth-order valence-electron chi connectivity index (χ4n) is 2.94. The summed E-state index contributed by atoms with van der Waals surface area (Å²) < 4.78 is 0. The zero-order chi connectivity index (χ0) is 14.7. The first-order chi connectivity index (χ1) is 8.86. The third-order valence-corrected chi connectivity index (χ3v) is 5.71. The SMILES string of the molecule is CCC(C)(CC)c1ccc(C)c(C(C)(CC)CC)c1. The lowest BCUT2D eigenvalue weighted by atomic mass is 9.71. The molecular formula is C19H32. The Labute approximate surface area is 120 Å². The average molecular weight is 260 g/mol. The highest BCUT2D eigenvalue weighted by atomic mass is 14.3. The molecule has 1 rings (SSSR count). The number of aryl methyl sites for hydroxylation is 1. The molecule has 0 saturated carbocycles. The first-order valence-corrected chi connectivity index (χ1v) is 7.98. The first-order valence-electron chi connectivity index (χ1n) is 7.98. The van der Waals surface area contributed by atoms with Crippen molar-refractivity contribution in [1.82, 2.24) is 0 Å². The van der Waals surface area contributed by atoms with Crippen LogP contribution in [0.4, 0.5) is 0 Å². The molecule has 0 spiro atoms. The van der Waals surface area contributed by atoms with Crippen molar-refractivity contribution in [2.24, 2.45) is 0 Å². The fourth-order valence-corrected chi connectivity index (χ4v) is 2.94. The van der Waals surface area contributed by atoms with Crippen LogP contribution in [0.2, 0.25) is 0 Å². The lowest BCUT2D eigenvalue weighted by Gasteiger charge is -2.33. The Morgan fingerprint density at radius 1 is 0.789 bits per heavy atom. The molecule has 0 fully saturated rings. The van der Waals surface area contributed by atoms with Crippen LogP contribution >= 0.6 is 0 Å². The van der Waals surface area contributed by atoms with E-state index in [1.54, 1.807) is 5.56 Å². The van der Waals surface area contributed by atoms with Gasteiger partial charge in [0, 0.05) is 0 Å². The summed E-state index contributed by atoms with van der Waals surface area (Å²) in [5.41, 5.74) is 5.17. The molecule has 0 aliphatic rings. The molecule has 0 radical (unpaired) electrons. The third-order valence-electron chi connectivity index (χ3n) is 5.71. The van der Waals surface area contributed by atoms with E-state index in [4.69, 9.17) is 0 Å². The van der Waals surface area contributed by atoms with Crippen LogP contribution in [0.1, 0.15) is 83.9 Å². The van der Waals surface area contributed by atoms with E-state index < -0.39 is 0 Å². The number of benzene rings is 1. The Balaban J connectivity index is 3.36. The molecule has 0 heterocycles. The molecule has 0 unspecified atom stereocenters. The molecular weight excluding hydrogens is 228 g/mol. The van der Waals surface area contributed by atoms with Crippen molar-refractivity contribution in [3.05, 3.63) is 34.9 Å². The Kier molecular flexibility index (Phi) is 5.24. The predicted octanol–water partition coefficient (Wildman–Crippen LogP) is 6.15. The summed E-state index contributed by atoms with van der Waals surface area (Å²) >= 11 is 0. The van der Waals surface area contributed by atoms with E-state index in [0.29, 0.717) is 10.8 Å². The monoisotopic (exact) mass is 260 g/mol. The minimum atomic E-state index is 0.322. The molecule has 0 amide bonds. The molecule has 1 aromatic carbocycles. The van der Waals surface area contributed by atoms with Crippen LogP contribution < -0.4 is 0 Å². The first kappa shape index (κ1) is 16.3. The molecule has 0 nitrogen and oxygen atoms in total. The van der Waals surface area contributed by atoms with E-state index in [9.17, 15) is 0 Å². The summed E-state index contributed by atoms with van der Waals surface area (Å²) in [5.74, 6) is 0. The van der Waals surface area contributed by atoms with Gasteiger partial charge in [-0.2, -0.15) is 0 Å². The van der Waals surface area contributed by atoms with Gasteiger partial charge in [-0.3, -0.25) is 0 Å². The highest BCUT2D eigenvalue weighted by Gasteiger charge is 2.28. The van der Waals surface area contributed by atoms with Crippen molar-refractivity contribution in [2.75, 3.05) is 0 Å². The Morgan fingerprint density at radius 3 is 1.68 bits per heavy atom. The molecule has 1 aromatic rings. The summed E-state index contributed by atoms with van der Waals surface area (Å²) in [6, 6.07) is 7.17. The van der Waals surface area contributed by atoms with Gasteiger partial charge in [-0.15, -0.1) is 0 Å². The maximum Gasteiger partial charge on any atom is -0.00778 e. The normalized spacial score (nSPS) is 12.8. The molecule has 19 heavy (non-hydrogen) atoms. The number of rotatable bonds is 6.